The van der Waals surface area contributed by atoms with E-state index in [1.165, 1.54) is 18.2 Å². The highest BCUT2D eigenvalue weighted by atomic mass is 31.2. The lowest BCUT2D eigenvalue weighted by atomic mass is 10.0. The molecule has 0 N–H and O–H groups in total. The molecule has 3 nitrogen and oxygen atoms in total. The lowest BCUT2D eigenvalue weighted by Crippen LogP contribution is -2.19. The molecule has 114 valence electrons. The maximum atomic E-state index is 13.6. The molecule has 1 heterocycles. The largest absolute Gasteiger partial charge is 0.420 e. The third kappa shape index (κ3) is 2.49. The summed E-state index contributed by atoms with van der Waals surface area (Å²) in [6, 6.07) is 13.5. The standard InChI is InChI=1S/C17H16FO3P/c1-3-20-22(19)16-10-9-14(18)11-15(16)12(2)17(21-22)13-7-5-4-6-8-13/h4-11H,3H2,1-2H3. The van der Waals surface area contributed by atoms with E-state index in [0.717, 1.165) is 11.1 Å². The van der Waals surface area contributed by atoms with Crippen LogP contribution in [0.1, 0.15) is 25.0 Å². The van der Waals surface area contributed by atoms with E-state index in [9.17, 15) is 8.96 Å². The second-order valence-electron chi connectivity index (χ2n) is 4.99. The van der Waals surface area contributed by atoms with Gasteiger partial charge in [0.2, 0.25) is 0 Å². The summed E-state index contributed by atoms with van der Waals surface area (Å²) < 4.78 is 37.9. The van der Waals surface area contributed by atoms with Gasteiger partial charge in [-0.3, -0.25) is 4.52 Å². The first-order valence-electron chi connectivity index (χ1n) is 7.06. The van der Waals surface area contributed by atoms with Gasteiger partial charge in [-0.05, 0) is 32.0 Å². The van der Waals surface area contributed by atoms with Crippen LogP contribution in [0.4, 0.5) is 4.39 Å². The van der Waals surface area contributed by atoms with E-state index in [0.29, 0.717) is 16.6 Å². The molecule has 3 rings (SSSR count). The minimum absolute atomic E-state index is 0.245. The van der Waals surface area contributed by atoms with Crippen molar-refractivity contribution in [3.63, 3.8) is 0 Å². The summed E-state index contributed by atoms with van der Waals surface area (Å²) >= 11 is 0. The molecular weight excluding hydrogens is 302 g/mol. The molecule has 2 aromatic carbocycles. The monoisotopic (exact) mass is 318 g/mol. The topological polar surface area (TPSA) is 35.5 Å². The number of hydrogen-bond acceptors (Lipinski definition) is 3. The third-order valence-electron chi connectivity index (χ3n) is 3.54. The fourth-order valence-electron chi connectivity index (χ4n) is 2.53. The first-order valence-corrected chi connectivity index (χ1v) is 8.60. The predicted octanol–water partition coefficient (Wildman–Crippen LogP) is 4.60. The fraction of sp³-hybridized carbons (Fsp3) is 0.176. The predicted molar refractivity (Wildman–Crippen MR) is 85.3 cm³/mol. The van der Waals surface area contributed by atoms with Crippen LogP contribution < -0.4 is 5.30 Å². The number of rotatable bonds is 3. The van der Waals surface area contributed by atoms with Gasteiger partial charge in [0.25, 0.3) is 0 Å². The summed E-state index contributed by atoms with van der Waals surface area (Å²) in [6.45, 7) is 3.82. The second-order valence-corrected chi connectivity index (χ2v) is 6.91. The molecule has 0 aromatic heterocycles. The van der Waals surface area contributed by atoms with Gasteiger partial charge in [0, 0.05) is 16.7 Å². The molecule has 0 saturated carbocycles. The maximum Gasteiger partial charge on any atom is 0.411 e. The first-order chi connectivity index (χ1) is 10.5. The van der Waals surface area contributed by atoms with Gasteiger partial charge < -0.3 is 4.52 Å². The quantitative estimate of drug-likeness (QED) is 0.776. The molecule has 5 heteroatoms. The van der Waals surface area contributed by atoms with Gasteiger partial charge >= 0.3 is 7.60 Å². The highest BCUT2D eigenvalue weighted by Crippen LogP contribution is 2.56. The Labute approximate surface area is 128 Å². The van der Waals surface area contributed by atoms with Crippen molar-refractivity contribution < 1.29 is 18.0 Å². The van der Waals surface area contributed by atoms with E-state index in [-0.39, 0.29) is 12.4 Å². The highest BCUT2D eigenvalue weighted by molar-refractivity contribution is 7.62. The molecule has 0 saturated heterocycles. The van der Waals surface area contributed by atoms with Crippen LogP contribution in [0.2, 0.25) is 0 Å². The Bertz CT molecular complexity index is 784. The van der Waals surface area contributed by atoms with Crippen molar-refractivity contribution in [2.24, 2.45) is 0 Å². The Hall–Kier alpha value is -1.90. The summed E-state index contributed by atoms with van der Waals surface area (Å²) in [5.41, 5.74) is 2.10. The van der Waals surface area contributed by atoms with Crippen molar-refractivity contribution >= 4 is 24.2 Å². The minimum atomic E-state index is -3.51. The van der Waals surface area contributed by atoms with Gasteiger partial charge in [-0.15, -0.1) is 0 Å². The molecule has 0 fully saturated rings. The van der Waals surface area contributed by atoms with Gasteiger partial charge in [-0.2, -0.15) is 0 Å². The van der Waals surface area contributed by atoms with Crippen LogP contribution in [0.3, 0.4) is 0 Å². The van der Waals surface area contributed by atoms with Gasteiger partial charge in [0.1, 0.15) is 11.6 Å². The fourth-order valence-corrected chi connectivity index (χ4v) is 4.43. The van der Waals surface area contributed by atoms with E-state index in [1.807, 2.05) is 37.3 Å². The molecule has 0 spiro atoms. The number of halogens is 1. The van der Waals surface area contributed by atoms with Crippen molar-refractivity contribution in [1.82, 2.24) is 0 Å². The van der Waals surface area contributed by atoms with E-state index in [2.05, 4.69) is 0 Å². The van der Waals surface area contributed by atoms with Crippen molar-refractivity contribution in [2.45, 2.75) is 13.8 Å². The van der Waals surface area contributed by atoms with Crippen molar-refractivity contribution in [3.8, 4) is 0 Å². The van der Waals surface area contributed by atoms with E-state index >= 15 is 0 Å². The molecule has 1 aliphatic heterocycles. The number of fused-ring (bicyclic) bond motifs is 1. The van der Waals surface area contributed by atoms with Crippen molar-refractivity contribution in [2.75, 3.05) is 6.61 Å². The summed E-state index contributed by atoms with van der Waals surface area (Å²) in [5, 5.41) is 0.410. The van der Waals surface area contributed by atoms with Crippen LogP contribution in [-0.4, -0.2) is 6.61 Å². The molecular formula is C17H16FO3P. The molecule has 0 radical (unpaired) electrons. The SMILES string of the molecule is CCOP1(=O)OC(c2ccccc2)=C(C)c2cc(F)ccc21. The normalized spacial score (nSPS) is 20.5. The number of hydrogen-bond donors (Lipinski definition) is 0. The average Bonchev–Trinajstić information content (AvgIpc) is 2.52. The molecule has 1 aliphatic rings. The Morgan fingerprint density at radius 3 is 2.59 bits per heavy atom. The van der Waals surface area contributed by atoms with Crippen molar-refractivity contribution in [1.29, 1.82) is 0 Å². The summed E-state index contributed by atoms with van der Waals surface area (Å²) in [5.74, 6) is 0.0888. The van der Waals surface area contributed by atoms with E-state index < -0.39 is 7.60 Å². The Balaban J connectivity index is 2.24. The highest BCUT2D eigenvalue weighted by Gasteiger charge is 2.38. The summed E-state index contributed by atoms with van der Waals surface area (Å²) in [7, 11) is -3.51. The number of benzene rings is 2. The van der Waals surface area contributed by atoms with Crippen LogP contribution in [0, 0.1) is 5.82 Å². The lowest BCUT2D eigenvalue weighted by molar-refractivity contribution is 0.279. The van der Waals surface area contributed by atoms with Crippen LogP contribution in [0.25, 0.3) is 11.3 Å². The van der Waals surface area contributed by atoms with E-state index in [4.69, 9.17) is 9.05 Å². The molecule has 2 aromatic rings. The maximum absolute atomic E-state index is 13.6. The molecule has 22 heavy (non-hydrogen) atoms. The van der Waals surface area contributed by atoms with Crippen LogP contribution >= 0.6 is 7.60 Å². The molecule has 0 bridgehead atoms. The molecule has 0 aliphatic carbocycles. The van der Waals surface area contributed by atoms with Gasteiger partial charge in [0.15, 0.2) is 0 Å². The number of allylic oxidation sites excluding steroid dienone is 1. The van der Waals surface area contributed by atoms with Crippen molar-refractivity contribution in [3.05, 3.63) is 65.5 Å². The molecule has 1 atom stereocenters. The summed E-state index contributed by atoms with van der Waals surface area (Å²) in [6.07, 6.45) is 0. The summed E-state index contributed by atoms with van der Waals surface area (Å²) in [4.78, 5) is 0. The van der Waals surface area contributed by atoms with E-state index in [1.54, 1.807) is 6.92 Å². The zero-order valence-corrected chi connectivity index (χ0v) is 13.3. The molecule has 1 unspecified atom stereocenters. The first kappa shape index (κ1) is 15.0. The van der Waals surface area contributed by atoms with Gasteiger partial charge in [0.05, 0.1) is 11.9 Å². The van der Waals surface area contributed by atoms with Crippen LogP contribution in [-0.2, 0) is 13.6 Å². The van der Waals surface area contributed by atoms with Gasteiger partial charge in [-0.25, -0.2) is 8.96 Å². The lowest BCUT2D eigenvalue weighted by Gasteiger charge is -2.29. The van der Waals surface area contributed by atoms with Crippen LogP contribution in [0.5, 0.6) is 0 Å². The zero-order valence-electron chi connectivity index (χ0n) is 12.4. The smallest absolute Gasteiger partial charge is 0.411 e. The zero-order chi connectivity index (χ0) is 15.7. The second kappa shape index (κ2) is 5.71. The van der Waals surface area contributed by atoms with Crippen LogP contribution in [0.15, 0.2) is 48.5 Å². The average molecular weight is 318 g/mol. The Kier molecular flexibility index (Phi) is 3.90. The van der Waals surface area contributed by atoms with Gasteiger partial charge in [-0.1, -0.05) is 30.3 Å². The Morgan fingerprint density at radius 1 is 1.18 bits per heavy atom. The minimum Gasteiger partial charge on any atom is -0.420 e. The third-order valence-corrected chi connectivity index (χ3v) is 5.55. The molecule has 0 amide bonds. The Morgan fingerprint density at radius 2 is 1.91 bits per heavy atom.